The largest absolute Gasteiger partial charge is 0.574 e. The van der Waals surface area contributed by atoms with Crippen LogP contribution in [0.2, 0.25) is 0 Å². The molecule has 0 spiro atoms. The van der Waals surface area contributed by atoms with Gasteiger partial charge >= 0.3 is 12.5 Å². The zero-order valence-corrected chi connectivity index (χ0v) is 11.9. The van der Waals surface area contributed by atoms with Crippen LogP contribution in [-0.4, -0.2) is 11.3 Å². The van der Waals surface area contributed by atoms with Crippen LogP contribution in [0.4, 0.5) is 26.3 Å². The van der Waals surface area contributed by atoms with Crippen molar-refractivity contribution in [2.45, 2.75) is 17.9 Å². The van der Waals surface area contributed by atoms with Crippen molar-refractivity contribution in [2.24, 2.45) is 0 Å². The van der Waals surface area contributed by atoms with Crippen LogP contribution >= 0.6 is 38.5 Å². The number of pyridine rings is 1. The summed E-state index contributed by atoms with van der Waals surface area (Å²) in [4.78, 5) is 2.86. The van der Waals surface area contributed by atoms with E-state index in [4.69, 9.17) is 0 Å². The molecule has 1 aromatic rings. The molecular formula is C8H3BrF6INO. The first-order chi connectivity index (χ1) is 8.04. The van der Waals surface area contributed by atoms with Gasteiger partial charge in [0.25, 0.3) is 0 Å². The van der Waals surface area contributed by atoms with E-state index in [0.717, 1.165) is 6.07 Å². The number of alkyl halides is 7. The van der Waals surface area contributed by atoms with E-state index in [9.17, 15) is 26.3 Å². The van der Waals surface area contributed by atoms with Gasteiger partial charge in [0, 0.05) is 20.5 Å². The first-order valence-corrected chi connectivity index (χ1v) is 6.33. The lowest BCUT2D eigenvalue weighted by Crippen LogP contribution is -2.20. The summed E-state index contributed by atoms with van der Waals surface area (Å²) in [5.74, 6) is -1.14. The standard InChI is InChI=1S/C8H3BrF6INO/c9-2-3-4(16)1-5(18-8(13,14)15)17-6(3)7(10,11)12/h1H,2H2. The van der Waals surface area contributed by atoms with Gasteiger partial charge in [0.15, 0.2) is 5.69 Å². The average molecular weight is 450 g/mol. The molecule has 0 amide bonds. The van der Waals surface area contributed by atoms with Crippen LogP contribution in [0.25, 0.3) is 0 Å². The Morgan fingerprint density at radius 1 is 1.22 bits per heavy atom. The Hall–Kier alpha value is -0.260. The SMILES string of the molecule is FC(F)(F)Oc1cc(I)c(CBr)c(C(F)(F)F)n1. The molecular weight excluding hydrogens is 447 g/mol. The summed E-state index contributed by atoms with van der Waals surface area (Å²) in [7, 11) is 0. The fourth-order valence-corrected chi connectivity index (χ4v) is 2.86. The van der Waals surface area contributed by atoms with Gasteiger partial charge < -0.3 is 4.74 Å². The molecule has 0 aliphatic heterocycles. The maximum Gasteiger partial charge on any atom is 0.574 e. The van der Waals surface area contributed by atoms with Gasteiger partial charge in [-0.3, -0.25) is 0 Å². The smallest absolute Gasteiger partial charge is 0.388 e. The highest BCUT2D eigenvalue weighted by molar-refractivity contribution is 14.1. The summed E-state index contributed by atoms with van der Waals surface area (Å²) in [6.07, 6.45) is -9.94. The predicted molar refractivity (Wildman–Crippen MR) is 61.3 cm³/mol. The minimum atomic E-state index is -5.09. The fourth-order valence-electron chi connectivity index (χ4n) is 1.05. The number of ether oxygens (including phenoxy) is 1. The third-order valence-electron chi connectivity index (χ3n) is 1.67. The van der Waals surface area contributed by atoms with Gasteiger partial charge in [0.05, 0.1) is 0 Å². The monoisotopic (exact) mass is 449 g/mol. The van der Waals surface area contributed by atoms with E-state index in [-0.39, 0.29) is 14.5 Å². The lowest BCUT2D eigenvalue weighted by atomic mass is 10.2. The van der Waals surface area contributed by atoms with Gasteiger partial charge in [-0.1, -0.05) is 15.9 Å². The molecule has 0 aliphatic carbocycles. The second kappa shape index (κ2) is 5.39. The van der Waals surface area contributed by atoms with Crippen molar-refractivity contribution in [1.29, 1.82) is 0 Å². The molecule has 0 saturated carbocycles. The van der Waals surface area contributed by atoms with Gasteiger partial charge in [0.2, 0.25) is 5.88 Å². The Labute approximate surface area is 119 Å². The van der Waals surface area contributed by atoms with E-state index in [1.165, 1.54) is 22.6 Å². The number of hydrogen-bond donors (Lipinski definition) is 0. The van der Waals surface area contributed by atoms with E-state index in [2.05, 4.69) is 25.7 Å². The minimum absolute atomic E-state index is 0.0222. The molecule has 0 atom stereocenters. The van der Waals surface area contributed by atoms with Crippen molar-refractivity contribution < 1.29 is 31.1 Å². The second-order valence-corrected chi connectivity index (χ2v) is 4.67. The van der Waals surface area contributed by atoms with Crippen LogP contribution in [0, 0.1) is 3.57 Å². The first-order valence-electron chi connectivity index (χ1n) is 4.13. The molecule has 0 bridgehead atoms. The normalized spacial score (nSPS) is 12.7. The van der Waals surface area contributed by atoms with Gasteiger partial charge in [-0.05, 0) is 22.6 Å². The fraction of sp³-hybridized carbons (Fsp3) is 0.375. The summed E-state index contributed by atoms with van der Waals surface area (Å²) < 4.78 is 77.0. The Morgan fingerprint density at radius 2 is 1.78 bits per heavy atom. The van der Waals surface area contributed by atoms with Crippen LogP contribution in [0.15, 0.2) is 6.07 Å². The molecule has 0 aliphatic rings. The first kappa shape index (κ1) is 15.8. The molecule has 102 valence electrons. The van der Waals surface area contributed by atoms with Crippen LogP contribution in [0.1, 0.15) is 11.3 Å². The van der Waals surface area contributed by atoms with Crippen molar-refractivity contribution in [1.82, 2.24) is 4.98 Å². The Kier molecular flexibility index (Phi) is 4.73. The van der Waals surface area contributed by atoms with Gasteiger partial charge in [-0.15, -0.1) is 13.2 Å². The van der Waals surface area contributed by atoms with E-state index >= 15 is 0 Å². The molecule has 0 radical (unpaired) electrons. The number of nitrogens with zero attached hydrogens (tertiary/aromatic N) is 1. The highest BCUT2D eigenvalue weighted by atomic mass is 127. The van der Waals surface area contributed by atoms with Crippen LogP contribution < -0.4 is 4.74 Å². The van der Waals surface area contributed by atoms with Gasteiger partial charge in [0.1, 0.15) is 0 Å². The maximum absolute atomic E-state index is 12.6. The lowest BCUT2D eigenvalue weighted by molar-refractivity contribution is -0.276. The Bertz CT molecular complexity index is 446. The van der Waals surface area contributed by atoms with E-state index in [0.29, 0.717) is 0 Å². The number of halogens is 8. The summed E-state index contributed by atoms with van der Waals surface area (Å²) >= 11 is 4.32. The topological polar surface area (TPSA) is 22.1 Å². The number of aromatic nitrogens is 1. The zero-order valence-electron chi connectivity index (χ0n) is 8.16. The molecule has 0 aromatic carbocycles. The predicted octanol–water partition coefficient (Wildman–Crippen LogP) is 4.50. The Balaban J connectivity index is 3.31. The molecule has 1 aromatic heterocycles. The van der Waals surface area contributed by atoms with E-state index < -0.39 is 24.1 Å². The third kappa shape index (κ3) is 4.14. The van der Waals surface area contributed by atoms with Crippen LogP contribution in [-0.2, 0) is 11.5 Å². The van der Waals surface area contributed by atoms with Crippen molar-refractivity contribution >= 4 is 38.5 Å². The third-order valence-corrected chi connectivity index (χ3v) is 3.19. The van der Waals surface area contributed by atoms with Crippen molar-refractivity contribution in [3.05, 3.63) is 20.9 Å². The van der Waals surface area contributed by atoms with Gasteiger partial charge in [-0.2, -0.15) is 13.2 Å². The minimum Gasteiger partial charge on any atom is -0.388 e. The zero-order chi connectivity index (χ0) is 14.1. The second-order valence-electron chi connectivity index (χ2n) is 2.95. The molecule has 0 fully saturated rings. The quantitative estimate of drug-likeness (QED) is 0.377. The molecule has 2 nitrogen and oxygen atoms in total. The van der Waals surface area contributed by atoms with Crippen molar-refractivity contribution in [2.75, 3.05) is 0 Å². The number of rotatable bonds is 2. The molecule has 0 unspecified atom stereocenters. The van der Waals surface area contributed by atoms with E-state index in [1.807, 2.05) is 0 Å². The molecule has 0 N–H and O–H groups in total. The summed E-state index contributed by atoms with van der Waals surface area (Å²) in [6.45, 7) is 0. The summed E-state index contributed by atoms with van der Waals surface area (Å²) in [5.41, 5.74) is -1.64. The molecule has 1 rings (SSSR count). The molecule has 0 saturated heterocycles. The summed E-state index contributed by atoms with van der Waals surface area (Å²) in [6, 6.07) is 0.792. The lowest BCUT2D eigenvalue weighted by Gasteiger charge is -2.15. The van der Waals surface area contributed by atoms with Gasteiger partial charge in [-0.25, -0.2) is 4.98 Å². The summed E-state index contributed by atoms with van der Waals surface area (Å²) in [5, 5.41) is -0.181. The van der Waals surface area contributed by atoms with Crippen LogP contribution in [0.5, 0.6) is 5.88 Å². The van der Waals surface area contributed by atoms with E-state index in [1.54, 1.807) is 0 Å². The average Bonchev–Trinajstić information content (AvgIpc) is 2.12. The molecule has 10 heteroatoms. The maximum atomic E-state index is 12.6. The van der Waals surface area contributed by atoms with Crippen molar-refractivity contribution in [3.63, 3.8) is 0 Å². The Morgan fingerprint density at radius 3 is 2.17 bits per heavy atom. The number of hydrogen-bond acceptors (Lipinski definition) is 2. The molecule has 1 heterocycles. The highest BCUT2D eigenvalue weighted by Crippen LogP contribution is 2.36. The van der Waals surface area contributed by atoms with Crippen molar-refractivity contribution in [3.8, 4) is 5.88 Å². The molecule has 18 heavy (non-hydrogen) atoms. The van der Waals surface area contributed by atoms with Crippen LogP contribution in [0.3, 0.4) is 0 Å². The highest BCUT2D eigenvalue weighted by Gasteiger charge is 2.38.